The minimum absolute atomic E-state index is 0.185. The molecule has 1 heterocycles. The first-order valence-corrected chi connectivity index (χ1v) is 9.83. The summed E-state index contributed by atoms with van der Waals surface area (Å²) in [6.45, 7) is 5.73. The van der Waals surface area contributed by atoms with Crippen LogP contribution in [0, 0.1) is 13.8 Å². The summed E-state index contributed by atoms with van der Waals surface area (Å²) in [5.41, 5.74) is 4.35. The number of aryl methyl sites for hydroxylation is 1. The third-order valence-corrected chi connectivity index (χ3v) is 5.61. The first kappa shape index (κ1) is 19.6. The van der Waals surface area contributed by atoms with Crippen molar-refractivity contribution in [2.45, 2.75) is 26.8 Å². The summed E-state index contributed by atoms with van der Waals surface area (Å²) in [5.74, 6) is -1.07. The molecule has 0 bridgehead atoms. The van der Waals surface area contributed by atoms with Crippen LogP contribution in [0.4, 0.5) is 5.69 Å². The predicted octanol–water partition coefficient (Wildman–Crippen LogP) is 4.60. The Kier molecular flexibility index (Phi) is 4.96. The van der Waals surface area contributed by atoms with Gasteiger partial charge in [0.05, 0.1) is 22.9 Å². The number of nitrogens with one attached hydrogen (secondary N) is 1. The van der Waals surface area contributed by atoms with E-state index >= 15 is 0 Å². The lowest BCUT2D eigenvalue weighted by molar-refractivity contribution is 0.0921. The first-order chi connectivity index (χ1) is 14.4. The molecule has 0 aliphatic carbocycles. The number of hydrogen-bond donors (Lipinski definition) is 1. The molecule has 0 spiro atoms. The molecule has 150 valence electrons. The third-order valence-electron chi connectivity index (χ3n) is 5.61. The Labute approximate surface area is 175 Å². The Morgan fingerprint density at radius 1 is 0.867 bits per heavy atom. The van der Waals surface area contributed by atoms with Gasteiger partial charge in [-0.05, 0) is 61.7 Å². The maximum atomic E-state index is 13.1. The number of hydrogen-bond acceptors (Lipinski definition) is 3. The monoisotopic (exact) mass is 398 g/mol. The molecular formula is C25H22N2O3. The number of imide groups is 1. The lowest BCUT2D eigenvalue weighted by atomic mass is 10.0. The molecule has 5 nitrogen and oxygen atoms in total. The zero-order chi connectivity index (χ0) is 21.4. The molecule has 1 N–H and O–H groups in total. The van der Waals surface area contributed by atoms with E-state index < -0.39 is 5.91 Å². The smallest absolute Gasteiger partial charge is 0.266 e. The van der Waals surface area contributed by atoms with Crippen LogP contribution >= 0.6 is 0 Å². The van der Waals surface area contributed by atoms with E-state index in [0.717, 1.165) is 16.7 Å². The highest BCUT2D eigenvalue weighted by Gasteiger charge is 2.38. The van der Waals surface area contributed by atoms with Gasteiger partial charge in [0, 0.05) is 5.56 Å². The highest BCUT2D eigenvalue weighted by atomic mass is 16.2. The van der Waals surface area contributed by atoms with Gasteiger partial charge in [0.1, 0.15) is 0 Å². The molecule has 0 radical (unpaired) electrons. The number of carbonyl (C=O) groups is 3. The molecule has 0 saturated heterocycles. The Balaban J connectivity index is 1.62. The van der Waals surface area contributed by atoms with Crippen molar-refractivity contribution in [3.05, 3.63) is 100 Å². The molecule has 3 amide bonds. The van der Waals surface area contributed by atoms with Crippen LogP contribution in [-0.4, -0.2) is 17.7 Å². The fraction of sp³-hybridized carbons (Fsp3) is 0.160. The standard InChI is InChI=1S/C25H22N2O3/c1-15-8-7-11-22(16(15)2)27-24(29)20-13-12-19(14-21(20)25(27)30)23(28)26-17(3)18-9-5-4-6-10-18/h4-14,17H,1-3H3,(H,26,28). The molecule has 0 aromatic heterocycles. The van der Waals surface area contributed by atoms with Gasteiger partial charge in [0.15, 0.2) is 0 Å². The molecule has 5 heteroatoms. The van der Waals surface area contributed by atoms with E-state index in [9.17, 15) is 14.4 Å². The van der Waals surface area contributed by atoms with Crippen LogP contribution in [0.3, 0.4) is 0 Å². The van der Waals surface area contributed by atoms with Crippen molar-refractivity contribution in [3.8, 4) is 0 Å². The van der Waals surface area contributed by atoms with Crippen LogP contribution in [0.15, 0.2) is 66.7 Å². The van der Waals surface area contributed by atoms with Crippen molar-refractivity contribution in [3.63, 3.8) is 0 Å². The summed E-state index contributed by atoms with van der Waals surface area (Å²) in [6.07, 6.45) is 0. The largest absolute Gasteiger partial charge is 0.346 e. The molecule has 1 aliphatic rings. The van der Waals surface area contributed by atoms with Crippen molar-refractivity contribution in [2.24, 2.45) is 0 Å². The van der Waals surface area contributed by atoms with E-state index in [-0.39, 0.29) is 23.4 Å². The highest BCUT2D eigenvalue weighted by Crippen LogP contribution is 2.32. The fourth-order valence-corrected chi connectivity index (χ4v) is 3.68. The van der Waals surface area contributed by atoms with E-state index in [4.69, 9.17) is 0 Å². The predicted molar refractivity (Wildman–Crippen MR) is 116 cm³/mol. The van der Waals surface area contributed by atoms with Gasteiger partial charge in [-0.25, -0.2) is 4.90 Å². The number of anilines is 1. The van der Waals surface area contributed by atoms with Crippen molar-refractivity contribution in [1.82, 2.24) is 5.32 Å². The molecule has 0 fully saturated rings. The van der Waals surface area contributed by atoms with Gasteiger partial charge in [-0.1, -0.05) is 42.5 Å². The van der Waals surface area contributed by atoms with Crippen LogP contribution in [0.5, 0.6) is 0 Å². The van der Waals surface area contributed by atoms with Gasteiger partial charge in [-0.15, -0.1) is 0 Å². The second kappa shape index (κ2) is 7.59. The normalized spacial score (nSPS) is 13.9. The average molecular weight is 398 g/mol. The molecule has 1 unspecified atom stereocenters. The molecule has 1 aliphatic heterocycles. The van der Waals surface area contributed by atoms with Crippen LogP contribution in [-0.2, 0) is 0 Å². The molecular weight excluding hydrogens is 376 g/mol. The van der Waals surface area contributed by atoms with E-state index in [1.165, 1.54) is 11.0 Å². The van der Waals surface area contributed by atoms with Crippen molar-refractivity contribution < 1.29 is 14.4 Å². The van der Waals surface area contributed by atoms with Crippen LogP contribution < -0.4 is 10.2 Å². The summed E-state index contributed by atoms with van der Waals surface area (Å²) in [7, 11) is 0. The molecule has 0 saturated carbocycles. The van der Waals surface area contributed by atoms with Gasteiger partial charge in [0.25, 0.3) is 17.7 Å². The van der Waals surface area contributed by atoms with E-state index in [2.05, 4.69) is 5.32 Å². The fourth-order valence-electron chi connectivity index (χ4n) is 3.68. The lowest BCUT2D eigenvalue weighted by Crippen LogP contribution is -2.30. The van der Waals surface area contributed by atoms with E-state index in [1.54, 1.807) is 18.2 Å². The summed E-state index contributed by atoms with van der Waals surface area (Å²) < 4.78 is 0. The number of nitrogens with zero attached hydrogens (tertiary/aromatic N) is 1. The first-order valence-electron chi connectivity index (χ1n) is 9.83. The molecule has 3 aromatic carbocycles. The number of amides is 3. The average Bonchev–Trinajstić information content (AvgIpc) is 3.00. The third kappa shape index (κ3) is 3.28. The van der Waals surface area contributed by atoms with Crippen molar-refractivity contribution >= 4 is 23.4 Å². The zero-order valence-corrected chi connectivity index (χ0v) is 17.1. The Bertz CT molecular complexity index is 1170. The molecule has 4 rings (SSSR count). The van der Waals surface area contributed by atoms with Crippen LogP contribution in [0.2, 0.25) is 0 Å². The topological polar surface area (TPSA) is 66.5 Å². The summed E-state index contributed by atoms with van der Waals surface area (Å²) in [5, 5.41) is 2.94. The maximum absolute atomic E-state index is 13.1. The van der Waals surface area contributed by atoms with Crippen LogP contribution in [0.1, 0.15) is 60.7 Å². The van der Waals surface area contributed by atoms with Crippen molar-refractivity contribution in [1.29, 1.82) is 0 Å². The number of fused-ring (bicyclic) bond motifs is 1. The number of rotatable bonds is 4. The van der Waals surface area contributed by atoms with Gasteiger partial charge in [0.2, 0.25) is 0 Å². The second-order valence-electron chi connectivity index (χ2n) is 7.53. The van der Waals surface area contributed by atoms with E-state index in [0.29, 0.717) is 16.8 Å². The molecule has 1 atom stereocenters. The SMILES string of the molecule is Cc1cccc(N2C(=O)c3ccc(C(=O)NC(C)c4ccccc4)cc3C2=O)c1C. The summed E-state index contributed by atoms with van der Waals surface area (Å²) in [4.78, 5) is 39.9. The lowest BCUT2D eigenvalue weighted by Gasteiger charge is -2.17. The second-order valence-corrected chi connectivity index (χ2v) is 7.53. The van der Waals surface area contributed by atoms with E-state index in [1.807, 2.05) is 63.2 Å². The van der Waals surface area contributed by atoms with Gasteiger partial charge in [-0.3, -0.25) is 14.4 Å². The summed E-state index contributed by atoms with van der Waals surface area (Å²) >= 11 is 0. The minimum atomic E-state index is -0.408. The van der Waals surface area contributed by atoms with Gasteiger partial charge >= 0.3 is 0 Å². The highest BCUT2D eigenvalue weighted by molar-refractivity contribution is 6.35. The van der Waals surface area contributed by atoms with Crippen LogP contribution in [0.25, 0.3) is 0 Å². The minimum Gasteiger partial charge on any atom is -0.346 e. The Morgan fingerprint density at radius 2 is 1.57 bits per heavy atom. The Morgan fingerprint density at radius 3 is 2.30 bits per heavy atom. The maximum Gasteiger partial charge on any atom is 0.266 e. The number of carbonyl (C=O) groups excluding carboxylic acids is 3. The number of benzene rings is 3. The molecule has 30 heavy (non-hydrogen) atoms. The van der Waals surface area contributed by atoms with Gasteiger partial charge < -0.3 is 5.32 Å². The zero-order valence-electron chi connectivity index (χ0n) is 17.1. The molecule has 3 aromatic rings. The summed E-state index contributed by atoms with van der Waals surface area (Å²) in [6, 6.07) is 19.6. The van der Waals surface area contributed by atoms with Gasteiger partial charge in [-0.2, -0.15) is 0 Å². The quantitative estimate of drug-likeness (QED) is 0.654. The van der Waals surface area contributed by atoms with Crippen molar-refractivity contribution in [2.75, 3.05) is 4.90 Å². The Hall–Kier alpha value is -3.73.